The quantitative estimate of drug-likeness (QED) is 0.848. The van der Waals surface area contributed by atoms with Gasteiger partial charge in [-0.25, -0.2) is 0 Å². The van der Waals surface area contributed by atoms with E-state index in [1.807, 2.05) is 18.2 Å². The van der Waals surface area contributed by atoms with Crippen molar-refractivity contribution in [2.45, 2.75) is 31.6 Å². The third kappa shape index (κ3) is 4.81. The van der Waals surface area contributed by atoms with E-state index in [-0.39, 0.29) is 24.5 Å². The van der Waals surface area contributed by atoms with E-state index in [1.54, 1.807) is 24.8 Å². The average molecular weight is 328 g/mol. The minimum atomic E-state index is -0.174. The molecule has 1 saturated heterocycles. The SMILES string of the molecule is O=C(Cc1cnccn1)N[C@@H]1COCC[C@H]1OCc1ccccn1. The van der Waals surface area contributed by atoms with Crippen molar-refractivity contribution in [1.82, 2.24) is 20.3 Å². The Morgan fingerprint density at radius 2 is 2.17 bits per heavy atom. The summed E-state index contributed by atoms with van der Waals surface area (Å²) in [5, 5.41) is 2.98. The van der Waals surface area contributed by atoms with Gasteiger partial charge in [-0.15, -0.1) is 0 Å². The van der Waals surface area contributed by atoms with Gasteiger partial charge in [0.2, 0.25) is 5.91 Å². The van der Waals surface area contributed by atoms with Crippen molar-refractivity contribution >= 4 is 5.91 Å². The summed E-state index contributed by atoms with van der Waals surface area (Å²) in [5.74, 6) is -0.113. The van der Waals surface area contributed by atoms with Crippen LogP contribution in [-0.2, 0) is 27.3 Å². The zero-order chi connectivity index (χ0) is 16.6. The zero-order valence-electron chi connectivity index (χ0n) is 13.3. The van der Waals surface area contributed by atoms with Crippen molar-refractivity contribution in [2.24, 2.45) is 0 Å². The van der Waals surface area contributed by atoms with Crippen molar-refractivity contribution < 1.29 is 14.3 Å². The summed E-state index contributed by atoms with van der Waals surface area (Å²) in [6, 6.07) is 5.54. The number of hydrogen-bond acceptors (Lipinski definition) is 6. The molecule has 7 nitrogen and oxygen atoms in total. The van der Waals surface area contributed by atoms with Gasteiger partial charge in [0.05, 0.1) is 43.2 Å². The third-order valence-corrected chi connectivity index (χ3v) is 3.77. The summed E-state index contributed by atoms with van der Waals surface area (Å²) >= 11 is 0. The number of amides is 1. The van der Waals surface area contributed by atoms with Crippen LogP contribution in [0.5, 0.6) is 0 Å². The largest absolute Gasteiger partial charge is 0.379 e. The van der Waals surface area contributed by atoms with Crippen LogP contribution >= 0.6 is 0 Å². The number of hydrogen-bond donors (Lipinski definition) is 1. The molecule has 1 aliphatic heterocycles. The molecule has 2 aromatic heterocycles. The zero-order valence-corrected chi connectivity index (χ0v) is 13.3. The van der Waals surface area contributed by atoms with Gasteiger partial charge in [-0.1, -0.05) is 6.07 Å². The molecule has 1 N–H and O–H groups in total. The lowest BCUT2D eigenvalue weighted by Crippen LogP contribution is -2.51. The second-order valence-corrected chi connectivity index (χ2v) is 5.58. The van der Waals surface area contributed by atoms with Crippen LogP contribution in [0.15, 0.2) is 43.0 Å². The van der Waals surface area contributed by atoms with E-state index in [1.165, 1.54) is 0 Å². The minimum Gasteiger partial charge on any atom is -0.379 e. The standard InChI is InChI=1S/C17H20N4O3/c22-17(9-14-10-18-6-7-20-14)21-15-12-23-8-4-16(15)24-11-13-3-1-2-5-19-13/h1-3,5-7,10,15-16H,4,8-9,11-12H2,(H,21,22)/t15-,16-/m1/s1. The highest BCUT2D eigenvalue weighted by atomic mass is 16.5. The summed E-state index contributed by atoms with van der Waals surface area (Å²) in [5.41, 5.74) is 1.51. The summed E-state index contributed by atoms with van der Waals surface area (Å²) < 4.78 is 11.4. The number of pyridine rings is 1. The molecule has 3 heterocycles. The van der Waals surface area contributed by atoms with Gasteiger partial charge in [0.15, 0.2) is 0 Å². The molecular formula is C17H20N4O3. The summed E-state index contributed by atoms with van der Waals surface area (Å²) in [6.45, 7) is 1.49. The van der Waals surface area contributed by atoms with Gasteiger partial charge < -0.3 is 14.8 Å². The normalized spacial score (nSPS) is 20.5. The molecule has 1 amide bonds. The topological polar surface area (TPSA) is 86.2 Å². The average Bonchev–Trinajstić information content (AvgIpc) is 2.63. The molecule has 1 aliphatic rings. The lowest BCUT2D eigenvalue weighted by atomic mass is 10.1. The Balaban J connectivity index is 1.53. The first-order chi connectivity index (χ1) is 11.8. The number of rotatable bonds is 6. The fourth-order valence-electron chi connectivity index (χ4n) is 2.57. The summed E-state index contributed by atoms with van der Waals surface area (Å²) in [4.78, 5) is 24.5. The number of nitrogens with one attached hydrogen (secondary N) is 1. The molecule has 0 bridgehead atoms. The highest BCUT2D eigenvalue weighted by Crippen LogP contribution is 2.14. The molecule has 0 aromatic carbocycles. The van der Waals surface area contributed by atoms with E-state index in [4.69, 9.17) is 9.47 Å². The lowest BCUT2D eigenvalue weighted by Gasteiger charge is -2.32. The first-order valence-corrected chi connectivity index (χ1v) is 7.95. The van der Waals surface area contributed by atoms with Crippen LogP contribution in [0.1, 0.15) is 17.8 Å². The lowest BCUT2D eigenvalue weighted by molar-refractivity contribution is -0.126. The van der Waals surface area contributed by atoms with Crippen molar-refractivity contribution in [3.63, 3.8) is 0 Å². The van der Waals surface area contributed by atoms with Gasteiger partial charge in [0, 0.05) is 31.4 Å². The molecule has 0 radical (unpaired) electrons. The van der Waals surface area contributed by atoms with Crippen LogP contribution < -0.4 is 5.32 Å². The maximum atomic E-state index is 12.2. The van der Waals surface area contributed by atoms with Gasteiger partial charge in [0.25, 0.3) is 0 Å². The van der Waals surface area contributed by atoms with Crippen LogP contribution in [-0.4, -0.2) is 46.2 Å². The molecule has 0 unspecified atom stereocenters. The Bertz CT molecular complexity index is 639. The molecule has 2 aromatic rings. The maximum absolute atomic E-state index is 12.2. The van der Waals surface area contributed by atoms with E-state index in [0.717, 1.165) is 12.1 Å². The van der Waals surface area contributed by atoms with Gasteiger partial charge in [0.1, 0.15) is 0 Å². The Morgan fingerprint density at radius 1 is 1.25 bits per heavy atom. The molecular weight excluding hydrogens is 308 g/mol. The Morgan fingerprint density at radius 3 is 2.96 bits per heavy atom. The predicted molar refractivity (Wildman–Crippen MR) is 85.9 cm³/mol. The second-order valence-electron chi connectivity index (χ2n) is 5.58. The molecule has 0 saturated carbocycles. The number of carbonyl (C=O) groups excluding carboxylic acids is 1. The second kappa shape index (κ2) is 8.47. The monoisotopic (exact) mass is 328 g/mol. The van der Waals surface area contributed by atoms with Crippen LogP contribution in [0.4, 0.5) is 0 Å². The first kappa shape index (κ1) is 16.5. The molecule has 7 heteroatoms. The highest BCUT2D eigenvalue weighted by Gasteiger charge is 2.28. The maximum Gasteiger partial charge on any atom is 0.226 e. The van der Waals surface area contributed by atoms with E-state index in [2.05, 4.69) is 20.3 Å². The van der Waals surface area contributed by atoms with Crippen molar-refractivity contribution in [3.05, 3.63) is 54.4 Å². The first-order valence-electron chi connectivity index (χ1n) is 7.95. The van der Waals surface area contributed by atoms with E-state index in [0.29, 0.717) is 25.5 Å². The van der Waals surface area contributed by atoms with E-state index in [9.17, 15) is 4.79 Å². The molecule has 1 fully saturated rings. The Kier molecular flexibility index (Phi) is 5.81. The van der Waals surface area contributed by atoms with Gasteiger partial charge in [-0.05, 0) is 18.6 Å². The van der Waals surface area contributed by atoms with E-state index < -0.39 is 0 Å². The molecule has 24 heavy (non-hydrogen) atoms. The highest BCUT2D eigenvalue weighted by molar-refractivity contribution is 5.78. The Hall–Kier alpha value is -2.38. The minimum absolute atomic E-state index is 0.0911. The number of ether oxygens (including phenoxy) is 2. The summed E-state index contributed by atoms with van der Waals surface area (Å²) in [6.07, 6.45) is 7.32. The molecule has 126 valence electrons. The third-order valence-electron chi connectivity index (χ3n) is 3.77. The van der Waals surface area contributed by atoms with Crippen LogP contribution in [0.2, 0.25) is 0 Å². The fraction of sp³-hybridized carbons (Fsp3) is 0.412. The molecule has 0 spiro atoms. The van der Waals surface area contributed by atoms with Crippen LogP contribution in [0.25, 0.3) is 0 Å². The van der Waals surface area contributed by atoms with E-state index >= 15 is 0 Å². The van der Waals surface area contributed by atoms with Crippen molar-refractivity contribution in [1.29, 1.82) is 0 Å². The van der Waals surface area contributed by atoms with Crippen LogP contribution in [0, 0.1) is 0 Å². The smallest absolute Gasteiger partial charge is 0.226 e. The Labute approximate surface area is 140 Å². The molecule has 0 aliphatic carbocycles. The number of aromatic nitrogens is 3. The number of nitrogens with zero attached hydrogens (tertiary/aromatic N) is 3. The van der Waals surface area contributed by atoms with Crippen molar-refractivity contribution in [3.8, 4) is 0 Å². The molecule has 3 rings (SSSR count). The molecule has 2 atom stereocenters. The fourth-order valence-corrected chi connectivity index (χ4v) is 2.57. The predicted octanol–water partition coefficient (Wildman–Crippen LogP) is 0.905. The van der Waals surface area contributed by atoms with Gasteiger partial charge >= 0.3 is 0 Å². The summed E-state index contributed by atoms with van der Waals surface area (Å²) in [7, 11) is 0. The van der Waals surface area contributed by atoms with Gasteiger partial charge in [-0.3, -0.25) is 19.7 Å². The van der Waals surface area contributed by atoms with Gasteiger partial charge in [-0.2, -0.15) is 0 Å². The van der Waals surface area contributed by atoms with Crippen LogP contribution in [0.3, 0.4) is 0 Å². The number of carbonyl (C=O) groups is 1. The van der Waals surface area contributed by atoms with Crippen molar-refractivity contribution in [2.75, 3.05) is 13.2 Å².